The van der Waals surface area contributed by atoms with E-state index >= 15 is 0 Å². The van der Waals surface area contributed by atoms with Gasteiger partial charge in [0, 0.05) is 19.2 Å². The molecular weight excluding hydrogens is 320 g/mol. The standard InChI is InChI=1S/C19H22N2O4/c1-13-7-4-5-8-14(13)18(22)21-15-9-6-10-16(25-3)17(15)19(23)20-11-12-24-2/h4-10H,11-12H2,1-3H3,(H,20,23)(H,21,22). The van der Waals surface area contributed by atoms with Crippen LogP contribution in [0.25, 0.3) is 0 Å². The lowest BCUT2D eigenvalue weighted by atomic mass is 10.1. The Bertz CT molecular complexity index is 759. The van der Waals surface area contributed by atoms with Crippen molar-refractivity contribution in [2.24, 2.45) is 0 Å². The minimum atomic E-state index is -0.338. The van der Waals surface area contributed by atoms with E-state index in [2.05, 4.69) is 10.6 Å². The Morgan fingerprint density at radius 3 is 2.44 bits per heavy atom. The quantitative estimate of drug-likeness (QED) is 0.759. The van der Waals surface area contributed by atoms with Crippen LogP contribution in [-0.2, 0) is 4.74 Å². The second-order valence-electron chi connectivity index (χ2n) is 5.40. The number of hydrogen-bond acceptors (Lipinski definition) is 4. The van der Waals surface area contributed by atoms with Gasteiger partial charge in [0.05, 0.1) is 19.4 Å². The predicted octanol–water partition coefficient (Wildman–Crippen LogP) is 2.63. The van der Waals surface area contributed by atoms with Crippen LogP contribution < -0.4 is 15.4 Å². The van der Waals surface area contributed by atoms with Crippen molar-refractivity contribution in [1.82, 2.24) is 5.32 Å². The molecule has 0 bridgehead atoms. The minimum Gasteiger partial charge on any atom is -0.496 e. The first kappa shape index (κ1) is 18.5. The van der Waals surface area contributed by atoms with Crippen LogP contribution in [0.4, 0.5) is 5.69 Å². The predicted molar refractivity (Wildman–Crippen MR) is 96.3 cm³/mol. The fraction of sp³-hybridized carbons (Fsp3) is 0.263. The van der Waals surface area contributed by atoms with Crippen molar-refractivity contribution in [3.63, 3.8) is 0 Å². The van der Waals surface area contributed by atoms with Crippen molar-refractivity contribution in [3.05, 3.63) is 59.2 Å². The van der Waals surface area contributed by atoms with E-state index in [4.69, 9.17) is 9.47 Å². The highest BCUT2D eigenvalue weighted by molar-refractivity contribution is 6.10. The van der Waals surface area contributed by atoms with E-state index < -0.39 is 0 Å². The molecule has 132 valence electrons. The van der Waals surface area contributed by atoms with Crippen LogP contribution >= 0.6 is 0 Å². The molecule has 0 unspecified atom stereocenters. The molecule has 0 saturated carbocycles. The molecule has 0 atom stereocenters. The molecule has 0 heterocycles. The third-order valence-corrected chi connectivity index (χ3v) is 3.70. The molecule has 0 aliphatic rings. The largest absolute Gasteiger partial charge is 0.496 e. The fourth-order valence-electron chi connectivity index (χ4n) is 2.41. The summed E-state index contributed by atoms with van der Waals surface area (Å²) in [7, 11) is 3.04. The first-order chi connectivity index (χ1) is 12.1. The lowest BCUT2D eigenvalue weighted by Crippen LogP contribution is -2.28. The number of carbonyl (C=O) groups excluding carboxylic acids is 2. The highest BCUT2D eigenvalue weighted by Gasteiger charge is 2.19. The molecule has 2 N–H and O–H groups in total. The van der Waals surface area contributed by atoms with Crippen LogP contribution in [0.5, 0.6) is 5.75 Å². The van der Waals surface area contributed by atoms with Gasteiger partial charge in [-0.2, -0.15) is 0 Å². The lowest BCUT2D eigenvalue weighted by molar-refractivity contribution is 0.0935. The number of hydrogen-bond donors (Lipinski definition) is 2. The molecule has 0 radical (unpaired) electrons. The number of ether oxygens (including phenoxy) is 2. The average Bonchev–Trinajstić information content (AvgIpc) is 2.61. The average molecular weight is 342 g/mol. The number of benzene rings is 2. The summed E-state index contributed by atoms with van der Waals surface area (Å²) in [5, 5.41) is 5.55. The normalized spacial score (nSPS) is 10.2. The third-order valence-electron chi connectivity index (χ3n) is 3.70. The second-order valence-corrected chi connectivity index (χ2v) is 5.40. The highest BCUT2D eigenvalue weighted by Crippen LogP contribution is 2.27. The summed E-state index contributed by atoms with van der Waals surface area (Å²) in [6.07, 6.45) is 0. The Kier molecular flexibility index (Phi) is 6.54. The van der Waals surface area contributed by atoms with Crippen molar-refractivity contribution in [1.29, 1.82) is 0 Å². The van der Waals surface area contributed by atoms with Gasteiger partial charge in [-0.3, -0.25) is 9.59 Å². The zero-order valence-electron chi connectivity index (χ0n) is 14.6. The Morgan fingerprint density at radius 2 is 1.76 bits per heavy atom. The molecule has 6 heteroatoms. The molecule has 0 aliphatic heterocycles. The highest BCUT2D eigenvalue weighted by atomic mass is 16.5. The number of aryl methyl sites for hydroxylation is 1. The summed E-state index contributed by atoms with van der Waals surface area (Å²) >= 11 is 0. The Morgan fingerprint density at radius 1 is 1.00 bits per heavy atom. The number of anilines is 1. The van der Waals surface area contributed by atoms with Gasteiger partial charge in [-0.1, -0.05) is 24.3 Å². The molecule has 2 aromatic carbocycles. The first-order valence-corrected chi connectivity index (χ1v) is 7.89. The molecule has 2 aromatic rings. The SMILES string of the molecule is COCCNC(=O)c1c(NC(=O)c2ccccc2C)cccc1OC. The molecule has 2 rings (SSSR count). The van der Waals surface area contributed by atoms with Crippen molar-refractivity contribution >= 4 is 17.5 Å². The molecule has 6 nitrogen and oxygen atoms in total. The number of amides is 2. The number of methoxy groups -OCH3 is 2. The van der Waals surface area contributed by atoms with Gasteiger partial charge in [-0.25, -0.2) is 0 Å². The van der Waals surface area contributed by atoms with Gasteiger partial charge in [0.15, 0.2) is 0 Å². The maximum atomic E-state index is 12.6. The van der Waals surface area contributed by atoms with Crippen molar-refractivity contribution in [2.45, 2.75) is 6.92 Å². The molecular formula is C19H22N2O4. The minimum absolute atomic E-state index is 0.280. The molecule has 2 amide bonds. The lowest BCUT2D eigenvalue weighted by Gasteiger charge is -2.15. The van der Waals surface area contributed by atoms with E-state index in [9.17, 15) is 9.59 Å². The maximum absolute atomic E-state index is 12.6. The maximum Gasteiger partial charge on any atom is 0.257 e. The zero-order valence-corrected chi connectivity index (χ0v) is 14.6. The van der Waals surface area contributed by atoms with E-state index in [1.165, 1.54) is 7.11 Å². The van der Waals surface area contributed by atoms with Gasteiger partial charge in [0.25, 0.3) is 11.8 Å². The van der Waals surface area contributed by atoms with Crippen LogP contribution in [0.1, 0.15) is 26.3 Å². The van der Waals surface area contributed by atoms with Crippen LogP contribution in [-0.4, -0.2) is 39.2 Å². The van der Waals surface area contributed by atoms with E-state index in [0.717, 1.165) is 5.56 Å². The molecule has 0 aromatic heterocycles. The van der Waals surface area contributed by atoms with Crippen molar-refractivity contribution in [3.8, 4) is 5.75 Å². The third kappa shape index (κ3) is 4.58. The van der Waals surface area contributed by atoms with Crippen LogP contribution in [0.2, 0.25) is 0 Å². The first-order valence-electron chi connectivity index (χ1n) is 7.89. The van der Waals surface area contributed by atoms with Gasteiger partial charge in [0.1, 0.15) is 11.3 Å². The number of nitrogens with one attached hydrogen (secondary N) is 2. The summed E-state index contributed by atoms with van der Waals surface area (Å²) in [6.45, 7) is 2.61. The number of carbonyl (C=O) groups is 2. The Labute approximate surface area is 147 Å². The van der Waals surface area contributed by atoms with Crippen molar-refractivity contribution < 1.29 is 19.1 Å². The monoisotopic (exact) mass is 342 g/mol. The molecule has 25 heavy (non-hydrogen) atoms. The molecule has 0 spiro atoms. The smallest absolute Gasteiger partial charge is 0.257 e. The summed E-state index contributed by atoms with van der Waals surface area (Å²) in [6, 6.07) is 12.3. The second kappa shape index (κ2) is 8.84. The van der Waals surface area contributed by atoms with Gasteiger partial charge in [-0.15, -0.1) is 0 Å². The van der Waals surface area contributed by atoms with Crippen LogP contribution in [0, 0.1) is 6.92 Å². The summed E-state index contributed by atoms with van der Waals surface area (Å²) < 4.78 is 10.2. The van der Waals surface area contributed by atoms with Gasteiger partial charge < -0.3 is 20.1 Å². The van der Waals surface area contributed by atoms with E-state index in [1.54, 1.807) is 37.4 Å². The summed E-state index contributed by atoms with van der Waals surface area (Å²) in [4.78, 5) is 25.1. The van der Waals surface area contributed by atoms with Crippen molar-refractivity contribution in [2.75, 3.05) is 32.7 Å². The van der Waals surface area contributed by atoms with E-state index in [0.29, 0.717) is 30.2 Å². The Balaban J connectivity index is 2.29. The van der Waals surface area contributed by atoms with Gasteiger partial charge in [0.2, 0.25) is 0 Å². The van der Waals surface area contributed by atoms with E-state index in [-0.39, 0.29) is 17.4 Å². The molecule has 0 fully saturated rings. The zero-order chi connectivity index (χ0) is 18.2. The topological polar surface area (TPSA) is 76.7 Å². The Hall–Kier alpha value is -2.86. The van der Waals surface area contributed by atoms with Gasteiger partial charge in [-0.05, 0) is 30.7 Å². The fourth-order valence-corrected chi connectivity index (χ4v) is 2.41. The van der Waals surface area contributed by atoms with Gasteiger partial charge >= 0.3 is 0 Å². The number of rotatable bonds is 7. The summed E-state index contributed by atoms with van der Waals surface area (Å²) in [5.74, 6) is -0.232. The summed E-state index contributed by atoms with van der Waals surface area (Å²) in [5.41, 5.74) is 2.08. The van der Waals surface area contributed by atoms with Crippen LogP contribution in [0.15, 0.2) is 42.5 Å². The molecule has 0 saturated heterocycles. The van der Waals surface area contributed by atoms with E-state index in [1.807, 2.05) is 19.1 Å². The van der Waals surface area contributed by atoms with Crippen LogP contribution in [0.3, 0.4) is 0 Å². The molecule has 0 aliphatic carbocycles.